The van der Waals surface area contributed by atoms with Crippen molar-refractivity contribution in [2.75, 3.05) is 11.5 Å². The van der Waals surface area contributed by atoms with Crippen molar-refractivity contribution in [1.29, 1.82) is 0 Å². The van der Waals surface area contributed by atoms with Gasteiger partial charge in [0.15, 0.2) is 9.84 Å². The highest BCUT2D eigenvalue weighted by molar-refractivity contribution is 7.92. The van der Waals surface area contributed by atoms with Gasteiger partial charge in [0.05, 0.1) is 17.3 Å². The molecule has 0 bridgehead atoms. The number of sulfonamides is 1. The molecule has 1 N–H and O–H groups in total. The highest BCUT2D eigenvalue weighted by atomic mass is 32.2. The van der Waals surface area contributed by atoms with Gasteiger partial charge in [0.1, 0.15) is 5.82 Å². The number of benzene rings is 1. The second kappa shape index (κ2) is 5.09. The van der Waals surface area contributed by atoms with Gasteiger partial charge in [0, 0.05) is 5.54 Å². The molecular formula is C12H16FNO4S2. The van der Waals surface area contributed by atoms with Crippen LogP contribution >= 0.6 is 0 Å². The van der Waals surface area contributed by atoms with E-state index < -0.39 is 31.2 Å². The van der Waals surface area contributed by atoms with E-state index in [1.54, 1.807) is 6.92 Å². The molecule has 5 nitrogen and oxygen atoms in total. The standard InChI is InChI=1S/C12H16FNO4S2/c1-12(6-7-19(15,16)9-12)14-20(17,18)8-10-2-4-11(13)5-3-10/h2-5,14H,6-9H2,1H3. The Morgan fingerprint density at radius 1 is 1.30 bits per heavy atom. The molecule has 1 unspecified atom stereocenters. The summed E-state index contributed by atoms with van der Waals surface area (Å²) in [4.78, 5) is 0. The summed E-state index contributed by atoms with van der Waals surface area (Å²) < 4.78 is 62.2. The molecule has 0 saturated carbocycles. The first kappa shape index (κ1) is 15.4. The third-order valence-corrected chi connectivity index (χ3v) is 6.60. The maximum Gasteiger partial charge on any atom is 0.216 e. The Balaban J connectivity index is 2.10. The Labute approximate surface area is 118 Å². The molecule has 1 heterocycles. The molecule has 20 heavy (non-hydrogen) atoms. The van der Waals surface area contributed by atoms with Gasteiger partial charge in [-0.05, 0) is 31.0 Å². The molecule has 0 aromatic heterocycles. The molecule has 2 rings (SSSR count). The number of hydrogen-bond acceptors (Lipinski definition) is 4. The van der Waals surface area contributed by atoms with Crippen molar-refractivity contribution in [3.63, 3.8) is 0 Å². The van der Waals surface area contributed by atoms with Gasteiger partial charge in [-0.2, -0.15) is 0 Å². The molecule has 0 aliphatic carbocycles. The second-order valence-electron chi connectivity index (χ2n) is 5.39. The summed E-state index contributed by atoms with van der Waals surface area (Å²) in [6, 6.07) is 5.16. The highest BCUT2D eigenvalue weighted by Gasteiger charge is 2.40. The Kier molecular flexibility index (Phi) is 3.92. The number of hydrogen-bond donors (Lipinski definition) is 1. The lowest BCUT2D eigenvalue weighted by Gasteiger charge is -2.23. The van der Waals surface area contributed by atoms with Gasteiger partial charge in [-0.3, -0.25) is 0 Å². The van der Waals surface area contributed by atoms with Crippen LogP contribution in [0.5, 0.6) is 0 Å². The van der Waals surface area contributed by atoms with Gasteiger partial charge in [0.25, 0.3) is 0 Å². The van der Waals surface area contributed by atoms with E-state index in [1.165, 1.54) is 24.3 Å². The number of halogens is 1. The maximum atomic E-state index is 12.8. The summed E-state index contributed by atoms with van der Waals surface area (Å²) in [6.07, 6.45) is 0.262. The van der Waals surface area contributed by atoms with Gasteiger partial charge in [-0.15, -0.1) is 0 Å². The van der Waals surface area contributed by atoms with E-state index in [2.05, 4.69) is 4.72 Å². The summed E-state index contributed by atoms with van der Waals surface area (Å²) >= 11 is 0. The molecule has 1 aromatic rings. The van der Waals surface area contributed by atoms with Crippen molar-refractivity contribution in [2.24, 2.45) is 0 Å². The predicted octanol–water partition coefficient (Wildman–Crippen LogP) is 0.822. The fraction of sp³-hybridized carbons (Fsp3) is 0.500. The first-order valence-electron chi connectivity index (χ1n) is 6.06. The lowest BCUT2D eigenvalue weighted by atomic mass is 10.0. The van der Waals surface area contributed by atoms with Crippen LogP contribution in [0.2, 0.25) is 0 Å². The molecule has 8 heteroatoms. The van der Waals surface area contributed by atoms with Crippen molar-refractivity contribution in [3.8, 4) is 0 Å². The van der Waals surface area contributed by atoms with Gasteiger partial charge >= 0.3 is 0 Å². The van der Waals surface area contributed by atoms with Crippen molar-refractivity contribution in [2.45, 2.75) is 24.6 Å². The maximum absolute atomic E-state index is 12.8. The first-order chi connectivity index (χ1) is 9.09. The van der Waals surface area contributed by atoms with Crippen molar-refractivity contribution < 1.29 is 21.2 Å². The van der Waals surface area contributed by atoms with E-state index >= 15 is 0 Å². The Bertz CT molecular complexity index is 697. The van der Waals surface area contributed by atoms with Gasteiger partial charge in [-0.25, -0.2) is 25.9 Å². The van der Waals surface area contributed by atoms with E-state index in [0.29, 0.717) is 5.56 Å². The van der Waals surface area contributed by atoms with Crippen LogP contribution in [-0.4, -0.2) is 33.9 Å². The molecule has 1 aliphatic rings. The first-order valence-corrected chi connectivity index (χ1v) is 9.53. The summed E-state index contributed by atoms with van der Waals surface area (Å²) in [5.41, 5.74) is -0.513. The monoisotopic (exact) mass is 321 g/mol. The molecule has 0 radical (unpaired) electrons. The normalized spacial score (nSPS) is 25.7. The second-order valence-corrected chi connectivity index (χ2v) is 9.30. The van der Waals surface area contributed by atoms with Crippen LogP contribution < -0.4 is 4.72 Å². The zero-order valence-corrected chi connectivity index (χ0v) is 12.6. The van der Waals surface area contributed by atoms with Crippen LogP contribution in [-0.2, 0) is 25.6 Å². The summed E-state index contributed by atoms with van der Waals surface area (Å²) in [5.74, 6) is -0.943. The Hall–Kier alpha value is -0.990. The highest BCUT2D eigenvalue weighted by Crippen LogP contribution is 2.24. The molecule has 1 fully saturated rings. The van der Waals surface area contributed by atoms with Crippen molar-refractivity contribution in [3.05, 3.63) is 35.6 Å². The summed E-state index contributed by atoms with van der Waals surface area (Å²) in [5, 5.41) is 0. The fourth-order valence-electron chi connectivity index (χ4n) is 2.30. The van der Waals surface area contributed by atoms with Crippen molar-refractivity contribution in [1.82, 2.24) is 4.72 Å². The smallest absolute Gasteiger partial charge is 0.216 e. The predicted molar refractivity (Wildman–Crippen MR) is 73.8 cm³/mol. The quantitative estimate of drug-likeness (QED) is 0.890. The molecule has 0 amide bonds. The molecule has 112 valence electrons. The van der Waals surface area contributed by atoms with Crippen LogP contribution in [0.25, 0.3) is 0 Å². The van der Waals surface area contributed by atoms with Crippen LogP contribution in [0, 0.1) is 5.82 Å². The zero-order chi connectivity index (χ0) is 15.0. The lowest BCUT2D eigenvalue weighted by molar-refractivity contribution is 0.461. The Morgan fingerprint density at radius 3 is 2.40 bits per heavy atom. The molecule has 0 spiro atoms. The van der Waals surface area contributed by atoms with E-state index in [4.69, 9.17) is 0 Å². The van der Waals surface area contributed by atoms with E-state index in [0.717, 1.165) is 0 Å². The third-order valence-electron chi connectivity index (χ3n) is 3.18. The minimum atomic E-state index is -3.68. The topological polar surface area (TPSA) is 80.3 Å². The lowest BCUT2D eigenvalue weighted by Crippen LogP contribution is -2.47. The minimum Gasteiger partial charge on any atom is -0.229 e. The number of sulfone groups is 1. The van der Waals surface area contributed by atoms with E-state index in [-0.39, 0.29) is 23.7 Å². The average molecular weight is 321 g/mol. The number of rotatable bonds is 4. The molecular weight excluding hydrogens is 305 g/mol. The number of nitrogens with one attached hydrogen (secondary N) is 1. The summed E-state index contributed by atoms with van der Waals surface area (Å²) in [7, 11) is -6.86. The van der Waals surface area contributed by atoms with Crippen LogP contribution in [0.4, 0.5) is 4.39 Å². The molecule has 1 saturated heterocycles. The van der Waals surface area contributed by atoms with E-state index in [1.807, 2.05) is 0 Å². The van der Waals surface area contributed by atoms with Gasteiger partial charge in [0.2, 0.25) is 10.0 Å². The Morgan fingerprint density at radius 2 is 1.90 bits per heavy atom. The fourth-order valence-corrected chi connectivity index (χ4v) is 6.12. The molecule has 1 aliphatic heterocycles. The van der Waals surface area contributed by atoms with Crippen LogP contribution in [0.3, 0.4) is 0 Å². The zero-order valence-electron chi connectivity index (χ0n) is 11.0. The summed E-state index contributed by atoms with van der Waals surface area (Å²) in [6.45, 7) is 1.58. The SMILES string of the molecule is CC1(NS(=O)(=O)Cc2ccc(F)cc2)CCS(=O)(=O)C1. The van der Waals surface area contributed by atoms with E-state index in [9.17, 15) is 21.2 Å². The third kappa shape index (κ3) is 4.00. The minimum absolute atomic E-state index is 0.0113. The van der Waals surface area contributed by atoms with Crippen LogP contribution in [0.15, 0.2) is 24.3 Å². The molecule has 1 aromatic carbocycles. The van der Waals surface area contributed by atoms with Gasteiger partial charge in [-0.1, -0.05) is 12.1 Å². The molecule has 1 atom stereocenters. The van der Waals surface area contributed by atoms with Crippen LogP contribution in [0.1, 0.15) is 18.9 Å². The van der Waals surface area contributed by atoms with Gasteiger partial charge < -0.3 is 0 Å². The van der Waals surface area contributed by atoms with Crippen molar-refractivity contribution >= 4 is 19.9 Å². The average Bonchev–Trinajstić information content (AvgIpc) is 2.54. The largest absolute Gasteiger partial charge is 0.229 e.